The number of hydrogen-bond acceptors (Lipinski definition) is 1. The molecule has 0 aliphatic carbocycles. The first-order chi connectivity index (χ1) is 8.31. The summed E-state index contributed by atoms with van der Waals surface area (Å²) in [6, 6.07) is 5.84. The number of alkyl halides is 3. The Labute approximate surface area is 105 Å². The molecule has 0 bridgehead atoms. The van der Waals surface area contributed by atoms with E-state index in [0.29, 0.717) is 0 Å². The van der Waals surface area contributed by atoms with E-state index in [2.05, 4.69) is 4.74 Å². The van der Waals surface area contributed by atoms with Crippen LogP contribution in [-0.4, -0.2) is 6.36 Å². The number of allylic oxidation sites excluding steroid dienone is 4. The Morgan fingerprint density at radius 1 is 1.11 bits per heavy atom. The number of halogens is 3. The van der Waals surface area contributed by atoms with Crippen molar-refractivity contribution in [1.29, 1.82) is 0 Å². The van der Waals surface area contributed by atoms with Gasteiger partial charge in [-0.15, -0.1) is 13.2 Å². The Balaban J connectivity index is 2.86. The molecule has 1 rings (SSSR count). The third-order valence-electron chi connectivity index (χ3n) is 2.44. The second-order valence-corrected chi connectivity index (χ2v) is 3.93. The minimum atomic E-state index is -4.64. The van der Waals surface area contributed by atoms with Crippen LogP contribution < -0.4 is 4.74 Å². The second-order valence-electron chi connectivity index (χ2n) is 3.93. The molecular formula is C14H15F3O. The van der Waals surface area contributed by atoms with Crippen molar-refractivity contribution in [3.05, 3.63) is 47.6 Å². The predicted molar refractivity (Wildman–Crippen MR) is 66.2 cm³/mol. The van der Waals surface area contributed by atoms with Gasteiger partial charge in [0.15, 0.2) is 0 Å². The molecule has 0 aromatic heterocycles. The molecule has 0 saturated carbocycles. The lowest BCUT2D eigenvalue weighted by molar-refractivity contribution is -0.274. The SMILES string of the molecule is C/C=C(C)/C=C(\C)c1ccc(OC(F)(F)F)cc1. The van der Waals surface area contributed by atoms with Crippen molar-refractivity contribution in [3.8, 4) is 5.75 Å². The Kier molecular flexibility index (Phi) is 4.59. The second kappa shape index (κ2) is 5.76. The standard InChI is InChI=1S/C14H15F3O/c1-4-10(2)9-11(3)12-5-7-13(8-6-12)18-14(15,16)17/h4-9H,1-3H3/b10-4+,11-9+. The first-order valence-corrected chi connectivity index (χ1v) is 5.49. The van der Waals surface area contributed by atoms with Crippen molar-refractivity contribution >= 4 is 5.57 Å². The highest BCUT2D eigenvalue weighted by atomic mass is 19.4. The van der Waals surface area contributed by atoms with E-state index in [4.69, 9.17) is 0 Å². The molecule has 1 aromatic rings. The van der Waals surface area contributed by atoms with E-state index in [0.717, 1.165) is 16.7 Å². The highest BCUT2D eigenvalue weighted by molar-refractivity contribution is 5.66. The molecule has 0 spiro atoms. The van der Waals surface area contributed by atoms with Crippen molar-refractivity contribution in [3.63, 3.8) is 0 Å². The van der Waals surface area contributed by atoms with Gasteiger partial charge in [-0.1, -0.05) is 29.9 Å². The fourth-order valence-corrected chi connectivity index (χ4v) is 1.43. The molecule has 1 nitrogen and oxygen atoms in total. The normalized spacial score (nSPS) is 13.7. The molecule has 0 aliphatic heterocycles. The van der Waals surface area contributed by atoms with E-state index >= 15 is 0 Å². The van der Waals surface area contributed by atoms with E-state index in [1.807, 2.05) is 32.9 Å². The summed E-state index contributed by atoms with van der Waals surface area (Å²) < 4.78 is 39.7. The molecule has 0 heterocycles. The summed E-state index contributed by atoms with van der Waals surface area (Å²) in [6.45, 7) is 5.80. The summed E-state index contributed by atoms with van der Waals surface area (Å²) >= 11 is 0. The van der Waals surface area contributed by atoms with Crippen molar-refractivity contribution in [1.82, 2.24) is 0 Å². The zero-order chi connectivity index (χ0) is 13.8. The van der Waals surface area contributed by atoms with Crippen LogP contribution >= 0.6 is 0 Å². The zero-order valence-corrected chi connectivity index (χ0v) is 10.5. The highest BCUT2D eigenvalue weighted by Crippen LogP contribution is 2.24. The lowest BCUT2D eigenvalue weighted by Gasteiger charge is -2.09. The van der Waals surface area contributed by atoms with E-state index in [1.165, 1.54) is 12.1 Å². The molecule has 0 atom stereocenters. The van der Waals surface area contributed by atoms with Crippen molar-refractivity contribution in [2.45, 2.75) is 27.1 Å². The van der Waals surface area contributed by atoms with Crippen LogP contribution in [0, 0.1) is 0 Å². The van der Waals surface area contributed by atoms with E-state index < -0.39 is 6.36 Å². The maximum Gasteiger partial charge on any atom is 0.573 e. The van der Waals surface area contributed by atoms with Crippen LogP contribution in [0.2, 0.25) is 0 Å². The predicted octanol–water partition coefficient (Wildman–Crippen LogP) is 4.95. The molecule has 0 N–H and O–H groups in total. The van der Waals surface area contributed by atoms with Crippen LogP contribution in [0.5, 0.6) is 5.75 Å². The van der Waals surface area contributed by atoms with Gasteiger partial charge in [0.2, 0.25) is 0 Å². The van der Waals surface area contributed by atoms with Gasteiger partial charge >= 0.3 is 6.36 Å². The summed E-state index contributed by atoms with van der Waals surface area (Å²) in [5.74, 6) is -0.207. The first-order valence-electron chi connectivity index (χ1n) is 5.49. The molecule has 0 radical (unpaired) electrons. The van der Waals surface area contributed by atoms with Crippen molar-refractivity contribution in [2.75, 3.05) is 0 Å². The Hall–Kier alpha value is -1.71. The fraction of sp³-hybridized carbons (Fsp3) is 0.286. The van der Waals surface area contributed by atoms with E-state index in [-0.39, 0.29) is 5.75 Å². The van der Waals surface area contributed by atoms with E-state index in [9.17, 15) is 13.2 Å². The molecule has 98 valence electrons. The Morgan fingerprint density at radius 2 is 1.67 bits per heavy atom. The third kappa shape index (κ3) is 4.65. The van der Waals surface area contributed by atoms with Gasteiger partial charge in [-0.2, -0.15) is 0 Å². The summed E-state index contributed by atoms with van der Waals surface area (Å²) in [6.07, 6.45) is -0.710. The molecular weight excluding hydrogens is 241 g/mol. The van der Waals surface area contributed by atoms with Gasteiger partial charge in [0, 0.05) is 0 Å². The average molecular weight is 256 g/mol. The lowest BCUT2D eigenvalue weighted by Crippen LogP contribution is -2.16. The minimum absolute atomic E-state index is 0.207. The number of rotatable bonds is 3. The van der Waals surface area contributed by atoms with Crippen molar-refractivity contribution < 1.29 is 17.9 Å². The smallest absolute Gasteiger partial charge is 0.406 e. The maximum atomic E-state index is 12.0. The van der Waals surface area contributed by atoms with Gasteiger partial charge in [-0.25, -0.2) is 0 Å². The lowest BCUT2D eigenvalue weighted by atomic mass is 10.0. The average Bonchev–Trinajstić information content (AvgIpc) is 2.27. The highest BCUT2D eigenvalue weighted by Gasteiger charge is 2.30. The van der Waals surface area contributed by atoms with Gasteiger partial charge in [-0.3, -0.25) is 0 Å². The summed E-state index contributed by atoms with van der Waals surface area (Å²) in [5, 5.41) is 0. The van der Waals surface area contributed by atoms with Gasteiger partial charge in [0.25, 0.3) is 0 Å². The number of benzene rings is 1. The van der Waals surface area contributed by atoms with Crippen LogP contribution in [0.3, 0.4) is 0 Å². The fourth-order valence-electron chi connectivity index (χ4n) is 1.43. The van der Waals surface area contributed by atoms with Gasteiger partial charge in [0.1, 0.15) is 5.75 Å². The monoisotopic (exact) mass is 256 g/mol. The maximum absolute atomic E-state index is 12.0. The van der Waals surface area contributed by atoms with Gasteiger partial charge < -0.3 is 4.74 Å². The Morgan fingerprint density at radius 3 is 2.11 bits per heavy atom. The molecule has 0 unspecified atom stereocenters. The summed E-state index contributed by atoms with van der Waals surface area (Å²) in [7, 11) is 0. The third-order valence-corrected chi connectivity index (χ3v) is 2.44. The topological polar surface area (TPSA) is 9.23 Å². The van der Waals surface area contributed by atoms with Crippen molar-refractivity contribution in [2.24, 2.45) is 0 Å². The quantitative estimate of drug-likeness (QED) is 0.695. The van der Waals surface area contributed by atoms with E-state index in [1.54, 1.807) is 12.1 Å². The molecule has 0 amide bonds. The summed E-state index contributed by atoms with van der Waals surface area (Å²) in [4.78, 5) is 0. The van der Waals surface area contributed by atoms with Crippen LogP contribution in [0.25, 0.3) is 5.57 Å². The number of ether oxygens (including phenoxy) is 1. The molecule has 0 fully saturated rings. The zero-order valence-electron chi connectivity index (χ0n) is 10.5. The first kappa shape index (κ1) is 14.4. The number of hydrogen-bond donors (Lipinski definition) is 0. The Bertz CT molecular complexity index is 453. The molecule has 18 heavy (non-hydrogen) atoms. The van der Waals surface area contributed by atoms with Crippen LogP contribution in [0.15, 0.2) is 42.0 Å². The van der Waals surface area contributed by atoms with Gasteiger partial charge in [0.05, 0.1) is 0 Å². The van der Waals surface area contributed by atoms with Crippen LogP contribution in [0.1, 0.15) is 26.3 Å². The minimum Gasteiger partial charge on any atom is -0.406 e. The molecule has 0 saturated heterocycles. The molecule has 1 aromatic carbocycles. The van der Waals surface area contributed by atoms with Gasteiger partial charge in [-0.05, 0) is 44.0 Å². The molecule has 0 aliphatic rings. The van der Waals surface area contributed by atoms with Crippen LogP contribution in [-0.2, 0) is 0 Å². The largest absolute Gasteiger partial charge is 0.573 e. The summed E-state index contributed by atoms with van der Waals surface area (Å²) in [5.41, 5.74) is 2.96. The van der Waals surface area contributed by atoms with Crippen LogP contribution in [0.4, 0.5) is 13.2 Å². The molecule has 4 heteroatoms.